The molecule has 0 unspecified atom stereocenters. The Balaban J connectivity index is 1.55. The van der Waals surface area contributed by atoms with Crippen LogP contribution in [0.3, 0.4) is 0 Å². The molecule has 3 aromatic carbocycles. The second-order valence-electron chi connectivity index (χ2n) is 11.7. The highest BCUT2D eigenvalue weighted by molar-refractivity contribution is 6.53. The third-order valence-electron chi connectivity index (χ3n) is 7.22. The monoisotopic (exact) mass is 722 g/mol. The molecule has 1 aliphatic rings. The number of ether oxygens (including phenoxy) is 1. The molecule has 0 saturated heterocycles. The normalized spacial score (nSPS) is 17.2. The van der Waals surface area contributed by atoms with E-state index in [2.05, 4.69) is 5.32 Å². The molecule has 0 spiro atoms. The van der Waals surface area contributed by atoms with E-state index in [1.807, 2.05) is 0 Å². The Morgan fingerprint density at radius 2 is 1.60 bits per heavy atom. The summed E-state index contributed by atoms with van der Waals surface area (Å²) in [5, 5.41) is 2.42. The number of anilines is 2. The minimum Gasteiger partial charge on any atom is -0.443 e. The number of nitrogens with zero attached hydrogens (tertiary/aromatic N) is 1. The number of amides is 2. The molecule has 3 aromatic rings. The Labute approximate surface area is 280 Å². The maximum atomic E-state index is 15.6. The summed E-state index contributed by atoms with van der Waals surface area (Å²) >= 11 is 18.7. The summed E-state index contributed by atoms with van der Waals surface area (Å²) in [5.74, 6) is -7.63. The number of Topliss-reactive ketones (excluding diaryl/α,β-unsaturated/α-hetero) is 1. The van der Waals surface area contributed by atoms with Gasteiger partial charge in [0.05, 0.1) is 16.5 Å². The Morgan fingerprint density at radius 1 is 0.957 bits per heavy atom. The van der Waals surface area contributed by atoms with Gasteiger partial charge in [-0.1, -0.05) is 23.7 Å². The SMILES string of the molecule is CCN(C(=O)OC(C)(C)C)c1c(F)ccc(CC(=O)c2cc(NC(=O)[C@H]3[C@H](c4ccc(F)c(C(F)(F)F)c4)C3(Cl)Cl)ccc2Cl)c1F. The smallest absolute Gasteiger partial charge is 0.419 e. The molecule has 47 heavy (non-hydrogen) atoms. The van der Waals surface area contributed by atoms with Crippen molar-refractivity contribution in [3.05, 3.63) is 93.3 Å². The van der Waals surface area contributed by atoms with Gasteiger partial charge < -0.3 is 10.1 Å². The number of halogens is 9. The van der Waals surface area contributed by atoms with Gasteiger partial charge in [0.1, 0.15) is 27.3 Å². The number of alkyl halides is 5. The fourth-order valence-corrected chi connectivity index (χ4v) is 6.04. The predicted molar refractivity (Wildman–Crippen MR) is 166 cm³/mol. The van der Waals surface area contributed by atoms with Gasteiger partial charge in [0.2, 0.25) is 5.91 Å². The molecular formula is C32H27Cl3F6N2O4. The summed E-state index contributed by atoms with van der Waals surface area (Å²) in [4.78, 5) is 39.8. The van der Waals surface area contributed by atoms with Crippen LogP contribution in [0.1, 0.15) is 60.7 Å². The molecule has 1 saturated carbocycles. The molecule has 1 N–H and O–H groups in total. The zero-order valence-electron chi connectivity index (χ0n) is 25.2. The summed E-state index contributed by atoms with van der Waals surface area (Å²) in [6, 6.07) is 7.93. The second kappa shape index (κ2) is 13.2. The maximum absolute atomic E-state index is 15.6. The number of hydrogen-bond acceptors (Lipinski definition) is 4. The van der Waals surface area contributed by atoms with Crippen LogP contribution in [0.5, 0.6) is 0 Å². The quantitative estimate of drug-likeness (QED) is 0.143. The van der Waals surface area contributed by atoms with Crippen LogP contribution in [0.2, 0.25) is 5.02 Å². The van der Waals surface area contributed by atoms with Crippen molar-refractivity contribution < 1.29 is 45.5 Å². The topological polar surface area (TPSA) is 75.7 Å². The van der Waals surface area contributed by atoms with Crippen molar-refractivity contribution in [1.29, 1.82) is 0 Å². The van der Waals surface area contributed by atoms with Gasteiger partial charge in [-0.25, -0.2) is 18.0 Å². The van der Waals surface area contributed by atoms with Crippen LogP contribution >= 0.6 is 34.8 Å². The van der Waals surface area contributed by atoms with Crippen molar-refractivity contribution in [2.24, 2.45) is 5.92 Å². The summed E-state index contributed by atoms with van der Waals surface area (Å²) < 4.78 is 87.3. The van der Waals surface area contributed by atoms with Crippen molar-refractivity contribution in [1.82, 2.24) is 0 Å². The number of rotatable bonds is 8. The molecule has 0 aliphatic heterocycles. The minimum absolute atomic E-state index is 0.0231. The first-order valence-corrected chi connectivity index (χ1v) is 15.2. The number of carbonyl (C=O) groups is 3. The van der Waals surface area contributed by atoms with Gasteiger partial charge in [-0.3, -0.25) is 14.5 Å². The molecule has 0 heterocycles. The highest BCUT2D eigenvalue weighted by atomic mass is 35.5. The van der Waals surface area contributed by atoms with Gasteiger partial charge in [-0.05, 0) is 75.2 Å². The average Bonchev–Trinajstić information content (AvgIpc) is 3.53. The van der Waals surface area contributed by atoms with E-state index in [0.717, 1.165) is 23.1 Å². The van der Waals surface area contributed by atoms with Crippen LogP contribution in [0.15, 0.2) is 48.5 Å². The molecule has 0 aromatic heterocycles. The first kappa shape index (κ1) is 36.4. The lowest BCUT2D eigenvalue weighted by Gasteiger charge is -2.27. The molecule has 2 amide bonds. The summed E-state index contributed by atoms with van der Waals surface area (Å²) in [6.45, 7) is 6.10. The van der Waals surface area contributed by atoms with Crippen molar-refractivity contribution in [3.8, 4) is 0 Å². The number of benzene rings is 3. The van der Waals surface area contributed by atoms with E-state index in [4.69, 9.17) is 39.5 Å². The van der Waals surface area contributed by atoms with Crippen molar-refractivity contribution in [2.75, 3.05) is 16.8 Å². The second-order valence-corrected chi connectivity index (χ2v) is 13.6. The van der Waals surface area contributed by atoms with E-state index in [-0.39, 0.29) is 33.9 Å². The van der Waals surface area contributed by atoms with E-state index >= 15 is 4.39 Å². The third-order valence-corrected chi connectivity index (χ3v) is 8.49. The standard InChI is InChI=1S/C32H27Cl3F6N2O4/c1-5-43(29(46)47-30(2,3)4)27-22(37)11-7-16(26(27)38)13-23(44)18-14-17(8-9-20(18)33)42-28(45)25-24(31(25,34)35)15-6-10-21(36)19(12-15)32(39,40)41/h6-12,14,24-25H,5,13H2,1-4H3,(H,42,45)/t24-,25+/m0/s1. The molecule has 1 aliphatic carbocycles. The van der Waals surface area contributed by atoms with Crippen LogP contribution in [-0.2, 0) is 22.1 Å². The zero-order chi connectivity index (χ0) is 35.2. The maximum Gasteiger partial charge on any atom is 0.419 e. The highest BCUT2D eigenvalue weighted by Crippen LogP contribution is 2.65. The van der Waals surface area contributed by atoms with E-state index in [1.54, 1.807) is 20.8 Å². The first-order chi connectivity index (χ1) is 21.7. The highest BCUT2D eigenvalue weighted by Gasteiger charge is 2.67. The average molecular weight is 724 g/mol. The van der Waals surface area contributed by atoms with Gasteiger partial charge in [0, 0.05) is 30.1 Å². The van der Waals surface area contributed by atoms with E-state index in [9.17, 15) is 36.3 Å². The van der Waals surface area contributed by atoms with Crippen molar-refractivity contribution in [3.63, 3.8) is 0 Å². The van der Waals surface area contributed by atoms with Gasteiger partial charge in [-0.2, -0.15) is 13.2 Å². The molecule has 0 radical (unpaired) electrons. The molecule has 2 atom stereocenters. The Hall–Kier alpha value is -3.48. The summed E-state index contributed by atoms with van der Waals surface area (Å²) in [7, 11) is 0. The number of ketones is 1. The van der Waals surface area contributed by atoms with Gasteiger partial charge in [0.15, 0.2) is 11.6 Å². The van der Waals surface area contributed by atoms with E-state index < -0.39 is 80.9 Å². The lowest BCUT2D eigenvalue weighted by atomic mass is 10.0. The van der Waals surface area contributed by atoms with Gasteiger partial charge >= 0.3 is 12.3 Å². The fraction of sp³-hybridized carbons (Fsp3) is 0.344. The predicted octanol–water partition coefficient (Wildman–Crippen LogP) is 9.49. The largest absolute Gasteiger partial charge is 0.443 e. The zero-order valence-corrected chi connectivity index (χ0v) is 27.4. The van der Waals surface area contributed by atoms with Crippen molar-refractivity contribution >= 4 is 64.0 Å². The van der Waals surface area contributed by atoms with E-state index in [0.29, 0.717) is 12.1 Å². The summed E-state index contributed by atoms with van der Waals surface area (Å²) in [6.07, 6.45) is -6.61. The van der Waals surface area contributed by atoms with Crippen LogP contribution in [0.4, 0.5) is 42.5 Å². The number of carbonyl (C=O) groups excluding carboxylic acids is 3. The molecule has 0 bridgehead atoms. The van der Waals surface area contributed by atoms with Gasteiger partial charge in [-0.15, -0.1) is 23.2 Å². The van der Waals surface area contributed by atoms with E-state index in [1.165, 1.54) is 25.1 Å². The lowest BCUT2D eigenvalue weighted by molar-refractivity contribution is -0.140. The fourth-order valence-electron chi connectivity index (χ4n) is 4.99. The van der Waals surface area contributed by atoms with Crippen LogP contribution in [0.25, 0.3) is 0 Å². The molecule has 6 nitrogen and oxygen atoms in total. The Morgan fingerprint density at radius 3 is 2.19 bits per heavy atom. The van der Waals surface area contributed by atoms with Gasteiger partial charge in [0.25, 0.3) is 0 Å². The van der Waals surface area contributed by atoms with Crippen LogP contribution < -0.4 is 10.2 Å². The molecule has 252 valence electrons. The Bertz CT molecular complexity index is 1740. The summed E-state index contributed by atoms with van der Waals surface area (Å²) in [5.41, 5.74) is -3.69. The molecule has 15 heteroatoms. The lowest BCUT2D eigenvalue weighted by Crippen LogP contribution is -2.38. The minimum atomic E-state index is -4.99. The number of nitrogens with one attached hydrogen (secondary N) is 1. The third kappa shape index (κ3) is 7.81. The first-order valence-electron chi connectivity index (χ1n) is 14.0. The molecule has 1 fully saturated rings. The number of hydrogen-bond donors (Lipinski definition) is 1. The van der Waals surface area contributed by atoms with Crippen molar-refractivity contribution in [2.45, 2.75) is 56.1 Å². The van der Waals surface area contributed by atoms with Crippen LogP contribution in [0, 0.1) is 23.4 Å². The molecular weight excluding hydrogens is 697 g/mol. The van der Waals surface area contributed by atoms with Crippen LogP contribution in [-0.4, -0.2) is 34.3 Å². The Kier molecular flexibility index (Phi) is 10.2. The molecule has 4 rings (SSSR count).